The quantitative estimate of drug-likeness (QED) is 0.628. The first kappa shape index (κ1) is 20.2. The Bertz CT molecular complexity index is 1060. The van der Waals surface area contributed by atoms with E-state index in [0.29, 0.717) is 24.5 Å². The van der Waals surface area contributed by atoms with Crippen molar-refractivity contribution in [3.8, 4) is 11.3 Å². The Hall–Kier alpha value is -3.10. The van der Waals surface area contributed by atoms with E-state index in [4.69, 9.17) is 10.7 Å². The van der Waals surface area contributed by atoms with Crippen LogP contribution in [0.3, 0.4) is 0 Å². The molecule has 1 aliphatic heterocycles. The number of benzene rings is 2. The number of anilines is 2. The number of aromatic nitrogens is 2. The van der Waals surface area contributed by atoms with Crippen LogP contribution in [0.25, 0.3) is 11.3 Å². The Balaban J connectivity index is 1.85. The highest BCUT2D eigenvalue weighted by atomic mass is 19.1. The average molecular weight is 411 g/mol. The molecule has 0 fully saturated rings. The third-order valence-electron chi connectivity index (χ3n) is 5.52. The smallest absolute Gasteiger partial charge is 0.151 e. The summed E-state index contributed by atoms with van der Waals surface area (Å²) in [4.78, 5) is 18.1. The number of fused-ring (bicyclic) bond motifs is 1. The van der Waals surface area contributed by atoms with E-state index in [1.54, 1.807) is 24.3 Å². The number of hydrogen-bond acceptors (Lipinski definition) is 5. The van der Waals surface area contributed by atoms with E-state index in [2.05, 4.69) is 5.32 Å². The van der Waals surface area contributed by atoms with E-state index < -0.39 is 11.7 Å². The Morgan fingerprint density at radius 2 is 1.67 bits per heavy atom. The zero-order chi connectivity index (χ0) is 21.5. The summed E-state index contributed by atoms with van der Waals surface area (Å²) in [6.07, 6.45) is -0.0212. The van der Waals surface area contributed by atoms with Gasteiger partial charge in [-0.15, -0.1) is 0 Å². The van der Waals surface area contributed by atoms with Gasteiger partial charge in [0.1, 0.15) is 35.1 Å². The molecule has 2 heterocycles. The lowest BCUT2D eigenvalue weighted by molar-refractivity contribution is -0.115. The summed E-state index contributed by atoms with van der Waals surface area (Å²) >= 11 is 0. The maximum atomic E-state index is 13.5. The molecule has 4 rings (SSSR count). The van der Waals surface area contributed by atoms with Gasteiger partial charge in [0, 0.05) is 24.3 Å². The summed E-state index contributed by atoms with van der Waals surface area (Å²) in [6.45, 7) is 5.03. The van der Waals surface area contributed by atoms with E-state index in [-0.39, 0.29) is 11.6 Å². The topological polar surface area (TPSA) is 76.2 Å². The maximum Gasteiger partial charge on any atom is 0.151 e. The fourth-order valence-corrected chi connectivity index (χ4v) is 3.95. The molecule has 0 radical (unpaired) electrons. The summed E-state index contributed by atoms with van der Waals surface area (Å²) in [7, 11) is 0. The van der Waals surface area contributed by atoms with Crippen LogP contribution in [0.5, 0.6) is 0 Å². The van der Waals surface area contributed by atoms with E-state index >= 15 is 0 Å². The van der Waals surface area contributed by atoms with Gasteiger partial charge in [-0.3, -0.25) is 4.90 Å². The van der Waals surface area contributed by atoms with Gasteiger partial charge in [-0.2, -0.15) is 0 Å². The van der Waals surface area contributed by atoms with E-state index in [1.165, 1.54) is 24.3 Å². The SMILES string of the molecule is CC1(C)c2nc(-c3ccc(F)cc3)c(Nc3ccc(F)cc3)n2CCN1[C@H](N)C=O. The van der Waals surface area contributed by atoms with Crippen molar-refractivity contribution < 1.29 is 13.6 Å². The van der Waals surface area contributed by atoms with Crippen LogP contribution in [0.15, 0.2) is 48.5 Å². The molecule has 156 valence electrons. The number of aldehydes is 1. The zero-order valence-electron chi connectivity index (χ0n) is 16.8. The third kappa shape index (κ3) is 3.48. The Morgan fingerprint density at radius 3 is 2.27 bits per heavy atom. The fourth-order valence-electron chi connectivity index (χ4n) is 3.95. The molecule has 0 amide bonds. The van der Waals surface area contributed by atoms with Crippen molar-refractivity contribution in [1.82, 2.24) is 14.5 Å². The summed E-state index contributed by atoms with van der Waals surface area (Å²) in [5, 5.41) is 3.34. The van der Waals surface area contributed by atoms with Crippen LogP contribution >= 0.6 is 0 Å². The predicted octanol–water partition coefficient (Wildman–Crippen LogP) is 3.61. The van der Waals surface area contributed by atoms with Crippen LogP contribution in [-0.2, 0) is 16.9 Å². The Morgan fingerprint density at radius 1 is 1.07 bits per heavy atom. The first-order valence-electron chi connectivity index (χ1n) is 9.68. The van der Waals surface area contributed by atoms with Crippen LogP contribution < -0.4 is 11.1 Å². The molecule has 0 saturated heterocycles. The number of carbonyl (C=O) groups excluding carboxylic acids is 1. The van der Waals surface area contributed by atoms with Crippen molar-refractivity contribution in [1.29, 1.82) is 0 Å². The summed E-state index contributed by atoms with van der Waals surface area (Å²) < 4.78 is 28.9. The lowest BCUT2D eigenvalue weighted by Crippen LogP contribution is -2.57. The monoisotopic (exact) mass is 411 g/mol. The first-order chi connectivity index (χ1) is 14.3. The Kier molecular flexibility index (Phi) is 5.13. The second-order valence-electron chi connectivity index (χ2n) is 7.80. The number of carbonyl (C=O) groups is 1. The van der Waals surface area contributed by atoms with Crippen molar-refractivity contribution in [3.05, 3.63) is 66.0 Å². The van der Waals surface area contributed by atoms with E-state index in [0.717, 1.165) is 23.5 Å². The fraction of sp³-hybridized carbons (Fsp3) is 0.273. The molecule has 8 heteroatoms. The van der Waals surface area contributed by atoms with Gasteiger partial charge >= 0.3 is 0 Å². The number of rotatable bonds is 5. The molecule has 6 nitrogen and oxygen atoms in total. The number of hydrogen-bond donors (Lipinski definition) is 2. The zero-order valence-corrected chi connectivity index (χ0v) is 16.8. The molecule has 0 unspecified atom stereocenters. The number of nitrogens with one attached hydrogen (secondary N) is 1. The molecule has 3 aromatic rings. The lowest BCUT2D eigenvalue weighted by atomic mass is 9.98. The second kappa shape index (κ2) is 7.62. The van der Waals surface area contributed by atoms with Gasteiger partial charge in [0.05, 0.1) is 5.54 Å². The minimum atomic E-state index is -0.742. The van der Waals surface area contributed by atoms with Crippen molar-refractivity contribution in [3.63, 3.8) is 0 Å². The minimum Gasteiger partial charge on any atom is -0.340 e. The highest BCUT2D eigenvalue weighted by Gasteiger charge is 2.41. The number of nitrogens with two attached hydrogens (primary N) is 1. The van der Waals surface area contributed by atoms with E-state index in [1.807, 2.05) is 23.3 Å². The standard InChI is InChI=1S/C22H23F2N5O/c1-22(2)21-27-19(14-3-5-15(23)6-4-14)20(26-17-9-7-16(24)8-10-17)28(21)11-12-29(22)18(25)13-30/h3-10,13,18,26H,11-12,25H2,1-2H3/t18-/m0/s1. The molecule has 1 aromatic heterocycles. The largest absolute Gasteiger partial charge is 0.340 e. The molecule has 0 aliphatic carbocycles. The van der Waals surface area contributed by atoms with E-state index in [9.17, 15) is 13.6 Å². The highest BCUT2D eigenvalue weighted by molar-refractivity contribution is 5.77. The van der Waals surface area contributed by atoms with Gasteiger partial charge in [0.2, 0.25) is 0 Å². The van der Waals surface area contributed by atoms with Crippen molar-refractivity contribution >= 4 is 17.8 Å². The molecule has 0 saturated carbocycles. The molecule has 2 aromatic carbocycles. The van der Waals surface area contributed by atoms with Crippen molar-refractivity contribution in [2.75, 3.05) is 11.9 Å². The molecule has 3 N–H and O–H groups in total. The van der Waals surface area contributed by atoms with Crippen LogP contribution in [0.1, 0.15) is 19.7 Å². The molecule has 30 heavy (non-hydrogen) atoms. The third-order valence-corrected chi connectivity index (χ3v) is 5.52. The second-order valence-corrected chi connectivity index (χ2v) is 7.80. The normalized spacial score (nSPS) is 16.7. The lowest BCUT2D eigenvalue weighted by Gasteiger charge is -2.43. The van der Waals surface area contributed by atoms with Crippen molar-refractivity contribution in [2.24, 2.45) is 5.73 Å². The highest BCUT2D eigenvalue weighted by Crippen LogP contribution is 2.39. The molecular formula is C22H23F2N5O. The summed E-state index contributed by atoms with van der Waals surface area (Å²) in [5.74, 6) is 0.791. The predicted molar refractivity (Wildman–Crippen MR) is 111 cm³/mol. The number of imidazole rings is 1. The van der Waals surface area contributed by atoms with Gasteiger partial charge in [-0.05, 0) is 62.4 Å². The van der Waals surface area contributed by atoms with Gasteiger partial charge in [-0.1, -0.05) is 0 Å². The molecule has 1 aliphatic rings. The van der Waals surface area contributed by atoms with Crippen LogP contribution in [-0.4, -0.2) is 33.4 Å². The Labute approximate surface area is 173 Å². The number of nitrogens with zero attached hydrogens (tertiary/aromatic N) is 3. The summed E-state index contributed by atoms with van der Waals surface area (Å²) in [6, 6.07) is 12.1. The number of halogens is 2. The molecule has 1 atom stereocenters. The summed E-state index contributed by atoms with van der Waals surface area (Å²) in [5.41, 5.74) is 7.49. The maximum absolute atomic E-state index is 13.5. The van der Waals surface area contributed by atoms with Gasteiger partial charge in [0.25, 0.3) is 0 Å². The minimum absolute atomic E-state index is 0.325. The van der Waals surface area contributed by atoms with Gasteiger partial charge < -0.3 is 20.4 Å². The first-order valence-corrected chi connectivity index (χ1v) is 9.68. The van der Waals surface area contributed by atoms with Crippen LogP contribution in [0.4, 0.5) is 20.3 Å². The molecule has 0 spiro atoms. The van der Waals surface area contributed by atoms with Crippen LogP contribution in [0.2, 0.25) is 0 Å². The molecule has 0 bridgehead atoms. The molecular weight excluding hydrogens is 388 g/mol. The average Bonchev–Trinajstić information content (AvgIpc) is 3.09. The van der Waals surface area contributed by atoms with Crippen molar-refractivity contribution in [2.45, 2.75) is 32.1 Å². The van der Waals surface area contributed by atoms with Gasteiger partial charge in [-0.25, -0.2) is 13.8 Å². The van der Waals surface area contributed by atoms with Gasteiger partial charge in [0.15, 0.2) is 6.29 Å². The van der Waals surface area contributed by atoms with Crippen LogP contribution in [0, 0.1) is 11.6 Å².